The standard InChI is InChI=1S/C27H33FO3/c1-20-10-9-11-21(16-20)18-31-19-25-23(14-7-2-3-8-15-27(29)30)26(28)17-24(25)22-12-5-4-6-13-22/h2,4-7,9-13,16,23-26H,3,8,14-15,17-19H2,1H3,(H,29,30)/b7-2-/t23-,24?,25-,26-/m0/s1. The van der Waals surface area contributed by atoms with Gasteiger partial charge >= 0.3 is 5.97 Å². The van der Waals surface area contributed by atoms with Gasteiger partial charge < -0.3 is 9.84 Å². The molecule has 0 saturated heterocycles. The van der Waals surface area contributed by atoms with Crippen LogP contribution in [0.25, 0.3) is 0 Å². The summed E-state index contributed by atoms with van der Waals surface area (Å²) in [5.41, 5.74) is 3.53. The molecule has 2 aromatic carbocycles. The molecule has 0 aromatic heterocycles. The van der Waals surface area contributed by atoms with Crippen LogP contribution in [0.3, 0.4) is 0 Å². The highest BCUT2D eigenvalue weighted by atomic mass is 19.1. The summed E-state index contributed by atoms with van der Waals surface area (Å²) < 4.78 is 21.2. The number of allylic oxidation sites excluding steroid dienone is 2. The average Bonchev–Trinajstić information content (AvgIpc) is 3.06. The number of hydrogen-bond acceptors (Lipinski definition) is 2. The topological polar surface area (TPSA) is 46.5 Å². The lowest BCUT2D eigenvalue weighted by Crippen LogP contribution is -2.22. The number of hydrogen-bond donors (Lipinski definition) is 1. The number of aryl methyl sites for hydroxylation is 1. The minimum absolute atomic E-state index is 0.0848. The smallest absolute Gasteiger partial charge is 0.303 e. The molecule has 166 valence electrons. The molecule has 1 aliphatic rings. The van der Waals surface area contributed by atoms with Crippen molar-refractivity contribution < 1.29 is 19.0 Å². The Morgan fingerprint density at radius 2 is 1.94 bits per heavy atom. The molecule has 3 rings (SSSR count). The van der Waals surface area contributed by atoms with E-state index in [1.165, 1.54) is 11.1 Å². The quantitative estimate of drug-likeness (QED) is 0.332. The molecule has 0 spiro atoms. The monoisotopic (exact) mass is 424 g/mol. The van der Waals surface area contributed by atoms with Crippen LogP contribution < -0.4 is 0 Å². The van der Waals surface area contributed by atoms with Crippen molar-refractivity contribution in [2.24, 2.45) is 11.8 Å². The summed E-state index contributed by atoms with van der Waals surface area (Å²) in [5, 5.41) is 8.74. The highest BCUT2D eigenvalue weighted by Crippen LogP contribution is 2.47. The van der Waals surface area contributed by atoms with Crippen LogP contribution in [0.2, 0.25) is 0 Å². The molecule has 1 fully saturated rings. The number of aliphatic carboxylic acids is 1. The third-order valence-electron chi connectivity index (χ3n) is 6.24. The van der Waals surface area contributed by atoms with E-state index >= 15 is 4.39 Å². The summed E-state index contributed by atoms with van der Waals surface area (Å²) in [6.07, 6.45) is 5.86. The van der Waals surface area contributed by atoms with E-state index in [1.807, 2.05) is 36.4 Å². The van der Waals surface area contributed by atoms with Gasteiger partial charge in [-0.1, -0.05) is 72.3 Å². The fraction of sp³-hybridized carbons (Fsp3) is 0.444. The average molecular weight is 425 g/mol. The summed E-state index contributed by atoms with van der Waals surface area (Å²) in [5.74, 6) is -0.590. The molecule has 0 amide bonds. The molecule has 1 N–H and O–H groups in total. The Balaban J connectivity index is 1.63. The number of benzene rings is 2. The van der Waals surface area contributed by atoms with Gasteiger partial charge in [-0.2, -0.15) is 0 Å². The first kappa shape index (κ1) is 23.2. The SMILES string of the molecule is Cc1cccc(COC[C@@H]2C(c3ccccc3)C[C@H](F)[C@H]2C/C=C\CCCC(=O)O)c1. The predicted molar refractivity (Wildman–Crippen MR) is 122 cm³/mol. The van der Waals surface area contributed by atoms with Crippen molar-refractivity contribution in [3.63, 3.8) is 0 Å². The third kappa shape index (κ3) is 7.03. The molecule has 1 aliphatic carbocycles. The highest BCUT2D eigenvalue weighted by Gasteiger charge is 2.43. The molecule has 1 unspecified atom stereocenters. The first-order chi connectivity index (χ1) is 15.0. The van der Waals surface area contributed by atoms with Gasteiger partial charge in [0, 0.05) is 6.42 Å². The Morgan fingerprint density at radius 1 is 1.13 bits per heavy atom. The molecule has 4 atom stereocenters. The maximum atomic E-state index is 15.1. The Morgan fingerprint density at radius 3 is 2.68 bits per heavy atom. The van der Waals surface area contributed by atoms with Gasteiger partial charge in [0.05, 0.1) is 13.2 Å². The maximum absolute atomic E-state index is 15.1. The van der Waals surface area contributed by atoms with E-state index in [9.17, 15) is 4.79 Å². The highest BCUT2D eigenvalue weighted by molar-refractivity contribution is 5.66. The molecule has 0 radical (unpaired) electrons. The second kappa shape index (κ2) is 11.8. The van der Waals surface area contributed by atoms with Crippen LogP contribution in [0, 0.1) is 18.8 Å². The summed E-state index contributed by atoms with van der Waals surface area (Å²) >= 11 is 0. The molecular formula is C27H33FO3. The maximum Gasteiger partial charge on any atom is 0.303 e. The number of alkyl halides is 1. The van der Waals surface area contributed by atoms with Crippen molar-refractivity contribution in [3.05, 3.63) is 83.4 Å². The Bertz CT molecular complexity index is 849. The fourth-order valence-corrected chi connectivity index (χ4v) is 4.66. The Hall–Kier alpha value is -2.46. The number of ether oxygens (including phenoxy) is 1. The van der Waals surface area contributed by atoms with Crippen LogP contribution >= 0.6 is 0 Å². The zero-order valence-electron chi connectivity index (χ0n) is 18.3. The predicted octanol–water partition coefficient (Wildman–Crippen LogP) is 6.47. The largest absolute Gasteiger partial charge is 0.481 e. The van der Waals surface area contributed by atoms with Crippen LogP contribution in [0.15, 0.2) is 66.7 Å². The molecule has 3 nitrogen and oxygen atoms in total. The van der Waals surface area contributed by atoms with Crippen LogP contribution in [0.5, 0.6) is 0 Å². The van der Waals surface area contributed by atoms with Crippen molar-refractivity contribution in [2.75, 3.05) is 6.61 Å². The van der Waals surface area contributed by atoms with Crippen molar-refractivity contribution in [1.82, 2.24) is 0 Å². The number of carboxylic acids is 1. The van der Waals surface area contributed by atoms with Crippen LogP contribution in [-0.2, 0) is 16.1 Å². The van der Waals surface area contributed by atoms with E-state index in [-0.39, 0.29) is 24.2 Å². The lowest BCUT2D eigenvalue weighted by molar-refractivity contribution is -0.137. The van der Waals surface area contributed by atoms with Crippen LogP contribution in [-0.4, -0.2) is 23.9 Å². The second-order valence-corrected chi connectivity index (χ2v) is 8.59. The van der Waals surface area contributed by atoms with Gasteiger partial charge in [-0.05, 0) is 61.5 Å². The number of rotatable bonds is 11. The number of carboxylic acid groups (broad SMARTS) is 1. The molecule has 31 heavy (non-hydrogen) atoms. The van der Waals surface area contributed by atoms with E-state index in [0.29, 0.717) is 38.9 Å². The minimum Gasteiger partial charge on any atom is -0.481 e. The van der Waals surface area contributed by atoms with Gasteiger partial charge in [-0.3, -0.25) is 4.79 Å². The Labute approximate surface area is 185 Å². The van der Waals surface area contributed by atoms with Gasteiger partial charge in [0.15, 0.2) is 0 Å². The zero-order chi connectivity index (χ0) is 22.1. The van der Waals surface area contributed by atoms with E-state index in [4.69, 9.17) is 9.84 Å². The minimum atomic E-state index is -0.860. The number of unbranched alkanes of at least 4 members (excludes halogenated alkanes) is 1. The summed E-state index contributed by atoms with van der Waals surface area (Å²) in [6, 6.07) is 18.5. The van der Waals surface area contributed by atoms with Gasteiger partial charge in [0.25, 0.3) is 0 Å². The van der Waals surface area contributed by atoms with Crippen molar-refractivity contribution in [2.45, 2.75) is 57.7 Å². The van der Waals surface area contributed by atoms with Gasteiger partial charge in [-0.15, -0.1) is 0 Å². The zero-order valence-corrected chi connectivity index (χ0v) is 18.3. The number of carbonyl (C=O) groups is 1. The number of halogens is 1. The molecular weight excluding hydrogens is 391 g/mol. The second-order valence-electron chi connectivity index (χ2n) is 8.59. The van der Waals surface area contributed by atoms with E-state index in [2.05, 4.69) is 37.3 Å². The van der Waals surface area contributed by atoms with Gasteiger partial charge in [-0.25, -0.2) is 4.39 Å². The molecule has 0 bridgehead atoms. The first-order valence-corrected chi connectivity index (χ1v) is 11.2. The normalized spacial score (nSPS) is 23.4. The Kier molecular flexibility index (Phi) is 8.84. The fourth-order valence-electron chi connectivity index (χ4n) is 4.66. The van der Waals surface area contributed by atoms with Crippen molar-refractivity contribution in [3.8, 4) is 0 Å². The van der Waals surface area contributed by atoms with E-state index < -0.39 is 12.1 Å². The van der Waals surface area contributed by atoms with Gasteiger partial charge in [0.2, 0.25) is 0 Å². The molecule has 1 saturated carbocycles. The van der Waals surface area contributed by atoms with E-state index in [1.54, 1.807) is 0 Å². The van der Waals surface area contributed by atoms with Crippen molar-refractivity contribution >= 4 is 5.97 Å². The van der Waals surface area contributed by atoms with E-state index in [0.717, 1.165) is 5.56 Å². The summed E-state index contributed by atoms with van der Waals surface area (Å²) in [6.45, 7) is 3.14. The molecule has 0 aliphatic heterocycles. The van der Waals surface area contributed by atoms with Crippen LogP contribution in [0.4, 0.5) is 4.39 Å². The lowest BCUT2D eigenvalue weighted by Gasteiger charge is -2.25. The molecule has 0 heterocycles. The lowest BCUT2D eigenvalue weighted by atomic mass is 9.84. The van der Waals surface area contributed by atoms with Gasteiger partial charge in [0.1, 0.15) is 6.17 Å². The third-order valence-corrected chi connectivity index (χ3v) is 6.24. The van der Waals surface area contributed by atoms with Crippen LogP contribution in [0.1, 0.15) is 54.7 Å². The first-order valence-electron chi connectivity index (χ1n) is 11.2. The summed E-state index contributed by atoms with van der Waals surface area (Å²) in [4.78, 5) is 10.6. The molecule has 2 aromatic rings. The summed E-state index contributed by atoms with van der Waals surface area (Å²) in [7, 11) is 0. The molecule has 4 heteroatoms. The van der Waals surface area contributed by atoms with Crippen molar-refractivity contribution in [1.29, 1.82) is 0 Å².